The Morgan fingerprint density at radius 2 is 1.78 bits per heavy atom. The van der Waals surface area contributed by atoms with Gasteiger partial charge in [0.25, 0.3) is 5.91 Å². The van der Waals surface area contributed by atoms with Crippen LogP contribution < -0.4 is 20.7 Å². The molecule has 1 unspecified atom stereocenters. The Bertz CT molecular complexity index is 1470. The number of hydrogen-bond donors (Lipinski definition) is 2. The standard InChI is InChI=1S/C27H29F4N7O3/c1-16-15-38(4-3-36(16)2)23-11-21(28)18(17-12-33-26(34-13-17)37-5-7-41-8-6-37)9-22(23)35-25(40)19-14-32-24(39)10-20(19)27(29,30)31/h9-14,16H,3-8,15H2,1-2H3,(H,32,39)(H,35,40). The maximum Gasteiger partial charge on any atom is 0.417 e. The number of anilines is 3. The van der Waals surface area contributed by atoms with Crippen LogP contribution in [0.1, 0.15) is 22.8 Å². The molecule has 1 atom stereocenters. The molecule has 2 N–H and O–H groups in total. The second-order valence-electron chi connectivity index (χ2n) is 10.1. The number of nitrogens with zero attached hydrogens (tertiary/aromatic N) is 5. The van der Waals surface area contributed by atoms with Gasteiger partial charge >= 0.3 is 6.18 Å². The summed E-state index contributed by atoms with van der Waals surface area (Å²) in [5.74, 6) is -1.24. The first kappa shape index (κ1) is 28.5. The molecule has 10 nitrogen and oxygen atoms in total. The molecule has 2 aromatic heterocycles. The fraction of sp³-hybridized carbons (Fsp3) is 0.407. The normalized spacial score (nSPS) is 18.4. The zero-order chi connectivity index (χ0) is 29.3. The number of benzene rings is 1. The lowest BCUT2D eigenvalue weighted by molar-refractivity contribution is -0.138. The number of carbonyl (C=O) groups is 1. The molecule has 0 spiro atoms. The van der Waals surface area contributed by atoms with Crippen molar-refractivity contribution in [2.75, 3.05) is 68.1 Å². The molecule has 0 bridgehead atoms. The lowest BCUT2D eigenvalue weighted by atomic mass is 10.0. The van der Waals surface area contributed by atoms with Crippen LogP contribution in [0.5, 0.6) is 0 Å². The Balaban J connectivity index is 1.53. The van der Waals surface area contributed by atoms with Crippen LogP contribution in [0.4, 0.5) is 34.9 Å². The predicted octanol–water partition coefficient (Wildman–Crippen LogP) is 3.22. The van der Waals surface area contributed by atoms with Gasteiger partial charge in [-0.05, 0) is 26.1 Å². The van der Waals surface area contributed by atoms with Crippen LogP contribution in [-0.2, 0) is 10.9 Å². The van der Waals surface area contributed by atoms with Crippen molar-refractivity contribution in [2.45, 2.75) is 19.1 Å². The van der Waals surface area contributed by atoms with Gasteiger partial charge < -0.3 is 29.7 Å². The van der Waals surface area contributed by atoms with Crippen LogP contribution in [-0.4, -0.2) is 84.8 Å². The lowest BCUT2D eigenvalue weighted by Crippen LogP contribution is -2.50. The predicted molar refractivity (Wildman–Crippen MR) is 145 cm³/mol. The topological polar surface area (TPSA) is 107 Å². The van der Waals surface area contributed by atoms with Crippen LogP contribution in [0.3, 0.4) is 0 Å². The molecule has 2 aliphatic heterocycles. The molecule has 0 aliphatic carbocycles. The number of likely N-dealkylation sites (N-methyl/N-ethyl adjacent to an activating group) is 1. The Labute approximate surface area is 233 Å². The molecule has 2 saturated heterocycles. The summed E-state index contributed by atoms with van der Waals surface area (Å²) in [4.78, 5) is 41.6. The number of H-pyrrole nitrogens is 1. The molecule has 1 amide bonds. The maximum absolute atomic E-state index is 15.6. The number of rotatable bonds is 5. The minimum absolute atomic E-state index is 0.0669. The van der Waals surface area contributed by atoms with E-state index in [1.165, 1.54) is 24.5 Å². The van der Waals surface area contributed by atoms with E-state index >= 15 is 4.39 Å². The van der Waals surface area contributed by atoms with Crippen molar-refractivity contribution >= 4 is 23.2 Å². The summed E-state index contributed by atoms with van der Waals surface area (Å²) in [5.41, 5.74) is -2.30. The van der Waals surface area contributed by atoms with Gasteiger partial charge in [-0.25, -0.2) is 14.4 Å². The van der Waals surface area contributed by atoms with Gasteiger partial charge in [-0.2, -0.15) is 13.2 Å². The number of aromatic amines is 1. The molecule has 0 saturated carbocycles. The Morgan fingerprint density at radius 1 is 1.07 bits per heavy atom. The number of halogens is 4. The summed E-state index contributed by atoms with van der Waals surface area (Å²) in [7, 11) is 1.96. The summed E-state index contributed by atoms with van der Waals surface area (Å²) >= 11 is 0. The van der Waals surface area contributed by atoms with Crippen LogP contribution >= 0.6 is 0 Å². The largest absolute Gasteiger partial charge is 0.417 e. The molecular weight excluding hydrogens is 546 g/mol. The first-order chi connectivity index (χ1) is 19.5. The van der Waals surface area contributed by atoms with Crippen LogP contribution in [0.2, 0.25) is 0 Å². The van der Waals surface area contributed by atoms with E-state index in [0.717, 1.165) is 6.20 Å². The smallest absolute Gasteiger partial charge is 0.378 e. The third-order valence-corrected chi connectivity index (χ3v) is 7.35. The van der Waals surface area contributed by atoms with Crippen molar-refractivity contribution in [3.05, 3.63) is 64.1 Å². The Hall–Kier alpha value is -4.04. The van der Waals surface area contributed by atoms with Gasteiger partial charge in [0.15, 0.2) is 0 Å². The van der Waals surface area contributed by atoms with Gasteiger partial charge in [-0.15, -0.1) is 0 Å². The molecular formula is C27H29F4N7O3. The van der Waals surface area contributed by atoms with E-state index in [0.29, 0.717) is 69.2 Å². The number of carbonyl (C=O) groups excluding carboxylic acids is 1. The van der Waals surface area contributed by atoms with Crippen LogP contribution in [0.15, 0.2) is 41.6 Å². The Morgan fingerprint density at radius 3 is 2.44 bits per heavy atom. The first-order valence-corrected chi connectivity index (χ1v) is 13.1. The minimum Gasteiger partial charge on any atom is -0.378 e. The average molecular weight is 576 g/mol. The van der Waals surface area contributed by atoms with E-state index in [-0.39, 0.29) is 17.3 Å². The monoisotopic (exact) mass is 575 g/mol. The second kappa shape index (κ2) is 11.4. The van der Waals surface area contributed by atoms with E-state index in [2.05, 4.69) is 25.2 Å². The zero-order valence-corrected chi connectivity index (χ0v) is 22.5. The van der Waals surface area contributed by atoms with Crippen molar-refractivity contribution in [1.82, 2.24) is 19.9 Å². The minimum atomic E-state index is -4.94. The van der Waals surface area contributed by atoms with Crippen molar-refractivity contribution in [3.8, 4) is 11.1 Å². The highest BCUT2D eigenvalue weighted by atomic mass is 19.4. The van der Waals surface area contributed by atoms with Gasteiger partial charge in [0.2, 0.25) is 11.5 Å². The average Bonchev–Trinajstić information content (AvgIpc) is 2.95. The quantitative estimate of drug-likeness (QED) is 0.447. The molecule has 2 fully saturated rings. The van der Waals surface area contributed by atoms with E-state index < -0.39 is 34.6 Å². The summed E-state index contributed by atoms with van der Waals surface area (Å²) in [5, 5.41) is 2.54. The van der Waals surface area contributed by atoms with Gasteiger partial charge in [-0.1, -0.05) is 0 Å². The first-order valence-electron chi connectivity index (χ1n) is 13.1. The lowest BCUT2D eigenvalue weighted by Gasteiger charge is -2.39. The van der Waals surface area contributed by atoms with E-state index in [9.17, 15) is 22.8 Å². The third-order valence-electron chi connectivity index (χ3n) is 7.35. The van der Waals surface area contributed by atoms with Gasteiger partial charge in [0, 0.05) is 74.5 Å². The molecule has 14 heteroatoms. The van der Waals surface area contributed by atoms with Crippen molar-refractivity contribution in [1.29, 1.82) is 0 Å². The highest BCUT2D eigenvalue weighted by Gasteiger charge is 2.36. The molecule has 218 valence electrons. The van der Waals surface area contributed by atoms with Crippen LogP contribution in [0, 0.1) is 5.82 Å². The molecule has 0 radical (unpaired) electrons. The summed E-state index contributed by atoms with van der Waals surface area (Å²) in [6.07, 6.45) is -1.29. The van der Waals surface area contributed by atoms with Crippen molar-refractivity contribution < 1.29 is 27.1 Å². The number of ether oxygens (including phenoxy) is 1. The second-order valence-corrected chi connectivity index (χ2v) is 10.1. The molecule has 5 rings (SSSR count). The van der Waals surface area contributed by atoms with Gasteiger partial charge in [0.1, 0.15) is 5.82 Å². The maximum atomic E-state index is 15.6. The summed E-state index contributed by atoms with van der Waals surface area (Å²) in [6, 6.07) is 3.07. The molecule has 2 aliphatic rings. The summed E-state index contributed by atoms with van der Waals surface area (Å²) in [6.45, 7) is 5.99. The summed E-state index contributed by atoms with van der Waals surface area (Å²) < 4.78 is 61.9. The molecule has 3 aromatic rings. The highest BCUT2D eigenvalue weighted by molar-refractivity contribution is 6.07. The molecule has 1 aromatic carbocycles. The number of aromatic nitrogens is 3. The van der Waals surface area contributed by atoms with Gasteiger partial charge in [-0.3, -0.25) is 9.59 Å². The number of amides is 1. The number of nitrogens with one attached hydrogen (secondary N) is 2. The third kappa shape index (κ3) is 6.17. The Kier molecular flexibility index (Phi) is 7.95. The number of alkyl halides is 3. The molecule has 4 heterocycles. The van der Waals surface area contributed by atoms with Crippen molar-refractivity contribution in [3.63, 3.8) is 0 Å². The van der Waals surface area contributed by atoms with Crippen LogP contribution in [0.25, 0.3) is 11.1 Å². The number of pyridine rings is 1. The van der Waals surface area contributed by atoms with E-state index in [4.69, 9.17) is 4.74 Å². The number of piperazine rings is 1. The number of morpholine rings is 1. The van der Waals surface area contributed by atoms with E-state index in [1.807, 2.05) is 23.8 Å². The van der Waals surface area contributed by atoms with Crippen molar-refractivity contribution in [2.24, 2.45) is 0 Å². The fourth-order valence-electron chi connectivity index (χ4n) is 4.88. The molecule has 41 heavy (non-hydrogen) atoms. The fourth-order valence-corrected chi connectivity index (χ4v) is 4.88. The van der Waals surface area contributed by atoms with Gasteiger partial charge in [0.05, 0.1) is 35.7 Å². The SMILES string of the molecule is CC1CN(c2cc(F)c(-c3cnc(N4CCOCC4)nc3)cc2NC(=O)c2c[nH]c(=O)cc2C(F)(F)F)CCN1C. The zero-order valence-electron chi connectivity index (χ0n) is 22.5. The highest BCUT2D eigenvalue weighted by Crippen LogP contribution is 2.36. The number of hydrogen-bond acceptors (Lipinski definition) is 8. The van der Waals surface area contributed by atoms with E-state index in [1.54, 1.807) is 0 Å².